The zero-order valence-corrected chi connectivity index (χ0v) is 19.2. The summed E-state index contributed by atoms with van der Waals surface area (Å²) in [5, 5.41) is 11.3. The van der Waals surface area contributed by atoms with Crippen molar-refractivity contribution >= 4 is 11.6 Å². The van der Waals surface area contributed by atoms with Gasteiger partial charge in [-0.25, -0.2) is 9.37 Å². The van der Waals surface area contributed by atoms with Crippen LogP contribution in [0, 0.1) is 12.7 Å². The first-order valence-electron chi connectivity index (χ1n) is 11.8. The van der Waals surface area contributed by atoms with Crippen LogP contribution in [0.3, 0.4) is 0 Å². The summed E-state index contributed by atoms with van der Waals surface area (Å²) in [6.07, 6.45) is 9.70. The van der Waals surface area contributed by atoms with Gasteiger partial charge in [-0.2, -0.15) is 0 Å². The largest absolute Gasteiger partial charge is 0.488 e. The van der Waals surface area contributed by atoms with Gasteiger partial charge in [-0.3, -0.25) is 4.79 Å². The van der Waals surface area contributed by atoms with Crippen molar-refractivity contribution in [3.05, 3.63) is 71.8 Å². The molecule has 2 aromatic heterocycles. The number of amides is 1. The Hall–Kier alpha value is -4.01. The number of carbonyl (C=O) groups is 1. The van der Waals surface area contributed by atoms with E-state index >= 15 is 0 Å². The molecule has 8 nitrogen and oxygen atoms in total. The topological polar surface area (TPSA) is 86.9 Å². The predicted molar refractivity (Wildman–Crippen MR) is 126 cm³/mol. The minimum absolute atomic E-state index is 0.0414. The number of benzene rings is 2. The van der Waals surface area contributed by atoms with Gasteiger partial charge in [0, 0.05) is 12.1 Å². The molecule has 1 amide bonds. The van der Waals surface area contributed by atoms with E-state index in [1.165, 1.54) is 6.07 Å². The van der Waals surface area contributed by atoms with Gasteiger partial charge in [0.15, 0.2) is 11.6 Å². The molecule has 2 saturated carbocycles. The van der Waals surface area contributed by atoms with Crippen molar-refractivity contribution in [2.24, 2.45) is 0 Å². The Balaban J connectivity index is 1.23. The van der Waals surface area contributed by atoms with Gasteiger partial charge >= 0.3 is 0 Å². The second-order valence-corrected chi connectivity index (χ2v) is 9.77. The zero-order chi connectivity index (χ0) is 23.7. The molecule has 7 rings (SSSR count). The Morgan fingerprint density at radius 2 is 2.09 bits per heavy atom. The maximum absolute atomic E-state index is 15.0. The second kappa shape index (κ2) is 7.24. The normalized spacial score (nSPS) is 17.3. The van der Waals surface area contributed by atoms with Crippen molar-refractivity contribution in [3.8, 4) is 22.8 Å². The predicted octanol–water partition coefficient (Wildman–Crippen LogP) is 4.59. The second-order valence-electron chi connectivity index (χ2n) is 9.77. The number of nitrogens with one attached hydrogen (secondary N) is 1. The molecule has 0 saturated heterocycles. The Bertz CT molecular complexity index is 1500. The standard InChI is InChI=1S/C26H23FN6O2/c1-15-9-19(27)18(10-22(15)32-11-21(28-13-32)16-5-6-16)25(34)30-20-4-2-3-17-23(20)35-12-26(7-8-26)33-14-29-31-24(17)33/h2-4,9-11,13-14,16H,5-8,12H2,1H3,(H,30,34). The van der Waals surface area contributed by atoms with Crippen LogP contribution in [0.15, 0.2) is 49.2 Å². The molecule has 9 heteroatoms. The quantitative estimate of drug-likeness (QED) is 0.472. The smallest absolute Gasteiger partial charge is 0.258 e. The maximum atomic E-state index is 15.0. The number of para-hydroxylation sites is 1. The number of nitrogens with zero attached hydrogens (tertiary/aromatic N) is 5. The van der Waals surface area contributed by atoms with E-state index in [2.05, 4.69) is 25.1 Å². The van der Waals surface area contributed by atoms with Gasteiger partial charge in [-0.05, 0) is 62.4 Å². The van der Waals surface area contributed by atoms with E-state index in [1.54, 1.807) is 24.8 Å². The third kappa shape index (κ3) is 3.25. The molecule has 2 aromatic carbocycles. The minimum atomic E-state index is -0.578. The molecule has 0 unspecified atom stereocenters. The third-order valence-corrected chi connectivity index (χ3v) is 7.28. The fraction of sp³-hybridized carbons (Fsp3) is 0.308. The van der Waals surface area contributed by atoms with Gasteiger partial charge in [-0.15, -0.1) is 10.2 Å². The van der Waals surface area contributed by atoms with Gasteiger partial charge in [0.25, 0.3) is 5.91 Å². The van der Waals surface area contributed by atoms with Crippen LogP contribution < -0.4 is 10.1 Å². The van der Waals surface area contributed by atoms with Gasteiger partial charge in [-0.1, -0.05) is 6.07 Å². The highest BCUT2D eigenvalue weighted by molar-refractivity contribution is 6.06. The average Bonchev–Trinajstić information content (AvgIpc) is 3.76. The number of aromatic nitrogens is 5. The Morgan fingerprint density at radius 3 is 2.89 bits per heavy atom. The van der Waals surface area contributed by atoms with Crippen molar-refractivity contribution in [1.29, 1.82) is 0 Å². The Labute approximate surface area is 200 Å². The number of fused-ring (bicyclic) bond motifs is 4. The van der Waals surface area contributed by atoms with E-state index in [0.29, 0.717) is 29.8 Å². The highest BCUT2D eigenvalue weighted by atomic mass is 19.1. The van der Waals surface area contributed by atoms with Crippen LogP contribution >= 0.6 is 0 Å². The van der Waals surface area contributed by atoms with Crippen LogP contribution in [-0.2, 0) is 5.54 Å². The molecule has 3 heterocycles. The zero-order valence-electron chi connectivity index (χ0n) is 19.2. The molecule has 0 bridgehead atoms. The summed E-state index contributed by atoms with van der Waals surface area (Å²) < 4.78 is 25.1. The van der Waals surface area contributed by atoms with Gasteiger partial charge < -0.3 is 19.2 Å². The summed E-state index contributed by atoms with van der Waals surface area (Å²) in [5.41, 5.74) is 3.53. The van der Waals surface area contributed by atoms with E-state index in [4.69, 9.17) is 4.74 Å². The first-order valence-corrected chi connectivity index (χ1v) is 11.8. The Morgan fingerprint density at radius 1 is 1.23 bits per heavy atom. The number of aryl methyl sites for hydroxylation is 1. The van der Waals surface area contributed by atoms with Crippen molar-refractivity contribution in [2.45, 2.75) is 44.1 Å². The van der Waals surface area contributed by atoms with E-state index < -0.39 is 11.7 Å². The van der Waals surface area contributed by atoms with E-state index in [-0.39, 0.29) is 11.1 Å². The molecule has 1 spiro atoms. The summed E-state index contributed by atoms with van der Waals surface area (Å²) in [5.74, 6) is 0.617. The molecule has 2 aliphatic carbocycles. The molecule has 176 valence electrons. The molecule has 1 aliphatic heterocycles. The number of ether oxygens (including phenoxy) is 1. The molecule has 1 N–H and O–H groups in total. The summed E-state index contributed by atoms with van der Waals surface area (Å²) in [4.78, 5) is 17.8. The lowest BCUT2D eigenvalue weighted by Gasteiger charge is -2.16. The summed E-state index contributed by atoms with van der Waals surface area (Å²) in [7, 11) is 0. The fourth-order valence-electron chi connectivity index (χ4n) is 4.90. The fourth-order valence-corrected chi connectivity index (χ4v) is 4.90. The van der Waals surface area contributed by atoms with E-state index in [1.807, 2.05) is 29.8 Å². The lowest BCUT2D eigenvalue weighted by atomic mass is 10.1. The summed E-state index contributed by atoms with van der Waals surface area (Å²) in [6, 6.07) is 8.45. The third-order valence-electron chi connectivity index (χ3n) is 7.28. The molecular weight excluding hydrogens is 447 g/mol. The number of carbonyl (C=O) groups excluding carboxylic acids is 1. The van der Waals surface area contributed by atoms with Crippen molar-refractivity contribution in [2.75, 3.05) is 11.9 Å². The first kappa shape index (κ1) is 20.4. The molecule has 2 fully saturated rings. The van der Waals surface area contributed by atoms with Gasteiger partial charge in [0.1, 0.15) is 18.8 Å². The molecule has 0 atom stereocenters. The molecular formula is C26H23FN6O2. The van der Waals surface area contributed by atoms with E-state index in [9.17, 15) is 9.18 Å². The number of halogens is 1. The number of anilines is 1. The van der Waals surface area contributed by atoms with Crippen LogP contribution in [-0.4, -0.2) is 36.8 Å². The highest BCUT2D eigenvalue weighted by Crippen LogP contribution is 2.50. The Kier molecular flexibility index (Phi) is 4.22. The van der Waals surface area contributed by atoms with Crippen molar-refractivity contribution < 1.29 is 13.9 Å². The lowest BCUT2D eigenvalue weighted by molar-refractivity contribution is 0.102. The molecule has 35 heavy (non-hydrogen) atoms. The minimum Gasteiger partial charge on any atom is -0.488 e. The SMILES string of the molecule is Cc1cc(F)c(C(=O)Nc2cccc3c2OCC2(CC2)n2cnnc2-3)cc1-n1cnc(C2CC2)c1. The summed E-state index contributed by atoms with van der Waals surface area (Å²) in [6.45, 7) is 2.29. The van der Waals surface area contributed by atoms with Crippen LogP contribution in [0.2, 0.25) is 0 Å². The van der Waals surface area contributed by atoms with E-state index in [0.717, 1.165) is 48.2 Å². The highest BCUT2D eigenvalue weighted by Gasteiger charge is 2.49. The maximum Gasteiger partial charge on any atom is 0.258 e. The van der Waals surface area contributed by atoms with Crippen LogP contribution in [0.25, 0.3) is 17.1 Å². The van der Waals surface area contributed by atoms with Crippen molar-refractivity contribution in [3.63, 3.8) is 0 Å². The number of rotatable bonds is 4. The molecule has 3 aliphatic rings. The monoisotopic (exact) mass is 470 g/mol. The lowest BCUT2D eigenvalue weighted by Crippen LogP contribution is -2.23. The van der Waals surface area contributed by atoms with Crippen LogP contribution in [0.5, 0.6) is 5.75 Å². The van der Waals surface area contributed by atoms with Crippen molar-refractivity contribution in [1.82, 2.24) is 24.3 Å². The van der Waals surface area contributed by atoms with Crippen LogP contribution in [0.4, 0.5) is 10.1 Å². The first-order chi connectivity index (χ1) is 17.0. The summed E-state index contributed by atoms with van der Waals surface area (Å²) >= 11 is 0. The average molecular weight is 471 g/mol. The molecule has 4 aromatic rings. The number of imidazole rings is 1. The van der Waals surface area contributed by atoms with Crippen LogP contribution in [0.1, 0.15) is 53.2 Å². The molecule has 0 radical (unpaired) electrons. The number of hydrogen-bond acceptors (Lipinski definition) is 5. The van der Waals surface area contributed by atoms with Gasteiger partial charge in [0.05, 0.1) is 40.1 Å². The van der Waals surface area contributed by atoms with Gasteiger partial charge in [0.2, 0.25) is 0 Å². The number of hydrogen-bond donors (Lipinski definition) is 1.